The number of hydrogen-bond acceptors (Lipinski definition) is 3. The fourth-order valence-corrected chi connectivity index (χ4v) is 3.45. The van der Waals surface area contributed by atoms with Crippen molar-refractivity contribution in [2.75, 3.05) is 0 Å². The van der Waals surface area contributed by atoms with Crippen LogP contribution in [0.15, 0.2) is 35.0 Å². The molecule has 1 fully saturated rings. The van der Waals surface area contributed by atoms with Gasteiger partial charge in [0.15, 0.2) is 5.70 Å². The van der Waals surface area contributed by atoms with Gasteiger partial charge in [0, 0.05) is 11.5 Å². The van der Waals surface area contributed by atoms with Gasteiger partial charge in [-0.3, -0.25) is 0 Å². The van der Waals surface area contributed by atoms with Crippen molar-refractivity contribution in [2.45, 2.75) is 45.4 Å². The average Bonchev–Trinajstić information content (AvgIpc) is 2.92. The van der Waals surface area contributed by atoms with Crippen LogP contribution in [-0.4, -0.2) is 11.9 Å². The van der Waals surface area contributed by atoms with E-state index in [1.165, 1.54) is 37.8 Å². The molecule has 4 heteroatoms. The van der Waals surface area contributed by atoms with E-state index in [9.17, 15) is 9.18 Å². The van der Waals surface area contributed by atoms with Crippen molar-refractivity contribution in [3.63, 3.8) is 0 Å². The number of ether oxygens (including phenoxy) is 1. The van der Waals surface area contributed by atoms with E-state index in [1.807, 2.05) is 0 Å². The van der Waals surface area contributed by atoms with Gasteiger partial charge < -0.3 is 4.74 Å². The molecule has 2 aliphatic rings. The second-order valence-electron chi connectivity index (χ2n) is 6.40. The van der Waals surface area contributed by atoms with Crippen LogP contribution in [0.4, 0.5) is 4.39 Å². The SMILES string of the molecule is CCCC1CCC(C2=NC(=Cc3ccccc3F)C(=O)O2)CC1. The highest BCUT2D eigenvalue weighted by molar-refractivity contribution is 6.07. The fraction of sp³-hybridized carbons (Fsp3) is 0.474. The Bertz CT molecular complexity index is 643. The number of carbonyl (C=O) groups excluding carboxylic acids is 1. The molecule has 1 aliphatic carbocycles. The van der Waals surface area contributed by atoms with Crippen molar-refractivity contribution < 1.29 is 13.9 Å². The van der Waals surface area contributed by atoms with Gasteiger partial charge in [-0.25, -0.2) is 14.2 Å². The maximum atomic E-state index is 13.7. The monoisotopic (exact) mass is 315 g/mol. The van der Waals surface area contributed by atoms with E-state index in [0.29, 0.717) is 11.5 Å². The number of carbonyl (C=O) groups is 1. The van der Waals surface area contributed by atoms with Crippen LogP contribution in [0.2, 0.25) is 0 Å². The first kappa shape index (κ1) is 15.9. The molecule has 0 saturated heterocycles. The molecule has 1 aliphatic heterocycles. The topological polar surface area (TPSA) is 38.7 Å². The van der Waals surface area contributed by atoms with Gasteiger partial charge in [0.2, 0.25) is 5.90 Å². The first-order valence-electron chi connectivity index (χ1n) is 8.44. The molecule has 0 N–H and O–H groups in total. The minimum absolute atomic E-state index is 0.195. The van der Waals surface area contributed by atoms with Gasteiger partial charge >= 0.3 is 5.97 Å². The van der Waals surface area contributed by atoms with Crippen LogP contribution >= 0.6 is 0 Å². The predicted molar refractivity (Wildman–Crippen MR) is 88.3 cm³/mol. The predicted octanol–water partition coefficient (Wildman–Crippen LogP) is 4.73. The van der Waals surface area contributed by atoms with Gasteiger partial charge in [-0.1, -0.05) is 38.0 Å². The molecule has 1 saturated carbocycles. The first-order chi connectivity index (χ1) is 11.2. The van der Waals surface area contributed by atoms with E-state index >= 15 is 0 Å². The van der Waals surface area contributed by atoms with Gasteiger partial charge in [0.1, 0.15) is 5.82 Å². The quantitative estimate of drug-likeness (QED) is 0.595. The van der Waals surface area contributed by atoms with Crippen LogP contribution in [0.1, 0.15) is 51.0 Å². The molecule has 0 unspecified atom stereocenters. The number of rotatable bonds is 4. The maximum Gasteiger partial charge on any atom is 0.363 e. The minimum Gasteiger partial charge on any atom is -0.406 e. The highest BCUT2D eigenvalue weighted by Gasteiger charge is 2.32. The largest absolute Gasteiger partial charge is 0.406 e. The Morgan fingerprint density at radius 1 is 1.26 bits per heavy atom. The third kappa shape index (κ3) is 3.69. The lowest BCUT2D eigenvalue weighted by Gasteiger charge is -2.27. The zero-order valence-corrected chi connectivity index (χ0v) is 13.4. The van der Waals surface area contributed by atoms with Crippen molar-refractivity contribution in [3.8, 4) is 0 Å². The Labute approximate surface area is 136 Å². The number of benzene rings is 1. The normalized spacial score (nSPS) is 26.3. The molecule has 23 heavy (non-hydrogen) atoms. The van der Waals surface area contributed by atoms with Gasteiger partial charge in [-0.2, -0.15) is 0 Å². The fourth-order valence-electron chi connectivity index (χ4n) is 3.45. The van der Waals surface area contributed by atoms with Crippen LogP contribution in [-0.2, 0) is 9.53 Å². The van der Waals surface area contributed by atoms with Crippen LogP contribution in [0.5, 0.6) is 0 Å². The molecule has 3 rings (SSSR count). The van der Waals surface area contributed by atoms with E-state index in [1.54, 1.807) is 18.2 Å². The van der Waals surface area contributed by atoms with Crippen molar-refractivity contribution in [2.24, 2.45) is 16.8 Å². The highest BCUT2D eigenvalue weighted by atomic mass is 19.1. The number of halogens is 1. The highest BCUT2D eigenvalue weighted by Crippen LogP contribution is 2.34. The summed E-state index contributed by atoms with van der Waals surface area (Å²) in [6, 6.07) is 6.34. The molecule has 1 aromatic rings. The van der Waals surface area contributed by atoms with E-state index < -0.39 is 5.97 Å². The van der Waals surface area contributed by atoms with Gasteiger partial charge in [-0.05, 0) is 43.7 Å². The molecule has 0 bridgehead atoms. The summed E-state index contributed by atoms with van der Waals surface area (Å²) in [4.78, 5) is 16.3. The Morgan fingerprint density at radius 3 is 2.70 bits per heavy atom. The summed E-state index contributed by atoms with van der Waals surface area (Å²) < 4.78 is 19.0. The summed E-state index contributed by atoms with van der Waals surface area (Å²) in [7, 11) is 0. The standard InChI is InChI=1S/C19H22FNO2/c1-2-5-13-8-10-14(11-9-13)18-21-17(19(22)23-18)12-15-6-3-4-7-16(15)20/h3-4,6-7,12-14H,2,5,8-11H2,1H3. The Morgan fingerprint density at radius 2 is 2.00 bits per heavy atom. The van der Waals surface area contributed by atoms with Crippen molar-refractivity contribution in [3.05, 3.63) is 41.3 Å². The summed E-state index contributed by atoms with van der Waals surface area (Å²) in [5.41, 5.74) is 0.553. The Kier molecular flexibility index (Phi) is 4.89. The third-order valence-corrected chi connectivity index (χ3v) is 4.73. The lowest BCUT2D eigenvalue weighted by Crippen LogP contribution is -2.22. The van der Waals surface area contributed by atoms with Crippen molar-refractivity contribution in [1.82, 2.24) is 0 Å². The number of nitrogens with zero attached hydrogens (tertiary/aromatic N) is 1. The van der Waals surface area contributed by atoms with E-state index in [0.717, 1.165) is 18.8 Å². The number of esters is 1. The number of cyclic esters (lactones) is 1. The van der Waals surface area contributed by atoms with Crippen LogP contribution in [0.25, 0.3) is 6.08 Å². The maximum absolute atomic E-state index is 13.7. The molecule has 1 aromatic carbocycles. The van der Waals surface area contributed by atoms with Crippen LogP contribution in [0.3, 0.4) is 0 Å². The molecule has 0 amide bonds. The smallest absolute Gasteiger partial charge is 0.363 e. The van der Waals surface area contributed by atoms with E-state index in [4.69, 9.17) is 4.74 Å². The average molecular weight is 315 g/mol. The molecular formula is C19H22FNO2. The lowest BCUT2D eigenvalue weighted by atomic mass is 9.80. The van der Waals surface area contributed by atoms with Crippen molar-refractivity contribution in [1.29, 1.82) is 0 Å². The second-order valence-corrected chi connectivity index (χ2v) is 6.40. The summed E-state index contributed by atoms with van der Waals surface area (Å²) in [6.07, 6.45) is 8.34. The van der Waals surface area contributed by atoms with Gasteiger partial charge in [-0.15, -0.1) is 0 Å². The Balaban J connectivity index is 1.71. The van der Waals surface area contributed by atoms with Crippen LogP contribution in [0, 0.1) is 17.7 Å². The molecule has 0 radical (unpaired) electrons. The van der Waals surface area contributed by atoms with Crippen molar-refractivity contribution >= 4 is 17.9 Å². The summed E-state index contributed by atoms with van der Waals surface area (Å²) in [5, 5.41) is 0. The lowest BCUT2D eigenvalue weighted by molar-refractivity contribution is -0.130. The molecule has 0 aromatic heterocycles. The first-order valence-corrected chi connectivity index (χ1v) is 8.44. The number of hydrogen-bond donors (Lipinski definition) is 0. The van der Waals surface area contributed by atoms with Gasteiger partial charge in [0.05, 0.1) is 0 Å². The minimum atomic E-state index is -0.473. The second kappa shape index (κ2) is 7.07. The summed E-state index contributed by atoms with van der Waals surface area (Å²) in [5.74, 6) is 0.698. The zero-order chi connectivity index (χ0) is 16.2. The third-order valence-electron chi connectivity index (χ3n) is 4.73. The molecule has 0 spiro atoms. The molecule has 122 valence electrons. The molecular weight excluding hydrogens is 293 g/mol. The van der Waals surface area contributed by atoms with E-state index in [2.05, 4.69) is 11.9 Å². The van der Waals surface area contributed by atoms with E-state index in [-0.39, 0.29) is 17.4 Å². The number of aliphatic imine (C=N–C) groups is 1. The zero-order valence-electron chi connectivity index (χ0n) is 13.4. The molecule has 3 nitrogen and oxygen atoms in total. The molecule has 0 atom stereocenters. The summed E-state index contributed by atoms with van der Waals surface area (Å²) in [6.45, 7) is 2.22. The molecule has 1 heterocycles. The Hall–Kier alpha value is -1.97. The van der Waals surface area contributed by atoms with Crippen LogP contribution < -0.4 is 0 Å². The summed E-state index contributed by atoms with van der Waals surface area (Å²) >= 11 is 0. The van der Waals surface area contributed by atoms with Gasteiger partial charge in [0.25, 0.3) is 0 Å².